The van der Waals surface area contributed by atoms with Crippen LogP contribution >= 0.6 is 0 Å². The maximum Gasteiger partial charge on any atom is 0.224 e. The van der Waals surface area contributed by atoms with Gasteiger partial charge in [-0.25, -0.2) is 4.39 Å². The minimum absolute atomic E-state index is 0.0928. The van der Waals surface area contributed by atoms with Gasteiger partial charge in [0.1, 0.15) is 11.6 Å². The number of anilines is 1. The van der Waals surface area contributed by atoms with E-state index in [9.17, 15) is 14.0 Å². The number of nitrogens with one attached hydrogen (secondary N) is 1. The second kappa shape index (κ2) is 8.67. The van der Waals surface area contributed by atoms with Gasteiger partial charge in [0, 0.05) is 6.42 Å². The molecule has 2 aromatic rings. The minimum atomic E-state index is -0.457. The lowest BCUT2D eigenvalue weighted by molar-refractivity contribution is -0.118. The third-order valence-electron chi connectivity index (χ3n) is 3.35. The smallest absolute Gasteiger partial charge is 0.224 e. The van der Waals surface area contributed by atoms with Crippen molar-refractivity contribution < 1.29 is 18.7 Å². The second-order valence-electron chi connectivity index (χ2n) is 5.20. The van der Waals surface area contributed by atoms with E-state index in [0.29, 0.717) is 23.4 Å². The third kappa shape index (κ3) is 5.39. The number of ether oxygens (including phenoxy) is 1. The van der Waals surface area contributed by atoms with Crippen LogP contribution in [0, 0.1) is 5.82 Å². The van der Waals surface area contributed by atoms with E-state index in [1.165, 1.54) is 6.07 Å². The first-order valence-corrected chi connectivity index (χ1v) is 7.59. The lowest BCUT2D eigenvalue weighted by Gasteiger charge is -2.12. The maximum atomic E-state index is 13.5. The molecule has 5 nitrogen and oxygen atoms in total. The van der Waals surface area contributed by atoms with E-state index in [1.54, 1.807) is 42.5 Å². The van der Waals surface area contributed by atoms with Crippen molar-refractivity contribution in [2.75, 3.05) is 11.9 Å². The number of rotatable bonds is 8. The summed E-state index contributed by atoms with van der Waals surface area (Å²) < 4.78 is 19.0. The Morgan fingerprint density at radius 2 is 1.75 bits per heavy atom. The first-order valence-electron chi connectivity index (χ1n) is 7.59. The predicted octanol–water partition coefficient (Wildman–Crippen LogP) is 2.65. The minimum Gasteiger partial charge on any atom is -0.491 e. The van der Waals surface area contributed by atoms with Crippen molar-refractivity contribution in [1.82, 2.24) is 0 Å². The second-order valence-corrected chi connectivity index (χ2v) is 5.20. The van der Waals surface area contributed by atoms with Crippen LogP contribution < -0.4 is 15.8 Å². The number of aryl methyl sites for hydroxylation is 1. The quantitative estimate of drug-likeness (QED) is 0.781. The molecule has 0 aliphatic carbocycles. The molecule has 0 radical (unpaired) electrons. The average molecular weight is 330 g/mol. The lowest BCUT2D eigenvalue weighted by Crippen LogP contribution is -2.16. The molecule has 0 aromatic heterocycles. The molecule has 0 aliphatic rings. The molecule has 0 aliphatic heterocycles. The van der Waals surface area contributed by atoms with E-state index in [-0.39, 0.29) is 31.2 Å². The molecule has 0 saturated heterocycles. The van der Waals surface area contributed by atoms with Gasteiger partial charge >= 0.3 is 0 Å². The van der Waals surface area contributed by atoms with Gasteiger partial charge in [-0.3, -0.25) is 9.59 Å². The summed E-state index contributed by atoms with van der Waals surface area (Å²) in [6.07, 6.45) is 0.551. The summed E-state index contributed by atoms with van der Waals surface area (Å²) in [6.45, 7) is 0.136. The van der Waals surface area contributed by atoms with E-state index >= 15 is 0 Å². The van der Waals surface area contributed by atoms with Crippen molar-refractivity contribution >= 4 is 17.5 Å². The molecule has 0 saturated carbocycles. The first kappa shape index (κ1) is 17.5. The van der Waals surface area contributed by atoms with Crippen LogP contribution in [0.4, 0.5) is 10.1 Å². The first-order chi connectivity index (χ1) is 11.6. The van der Waals surface area contributed by atoms with Gasteiger partial charge in [-0.15, -0.1) is 0 Å². The lowest BCUT2D eigenvalue weighted by atomic mass is 10.1. The van der Waals surface area contributed by atoms with Gasteiger partial charge in [0.25, 0.3) is 0 Å². The zero-order valence-corrected chi connectivity index (χ0v) is 13.1. The fourth-order valence-corrected chi connectivity index (χ4v) is 2.12. The molecule has 126 valence electrons. The Labute approximate surface area is 139 Å². The highest BCUT2D eigenvalue weighted by molar-refractivity contribution is 5.92. The SMILES string of the molecule is NC(=O)CCOc1ccccc1NC(=O)CCc1ccccc1F. The standard InChI is InChI=1S/C18H19FN2O3/c19-14-6-2-1-5-13(14)9-10-18(23)21-15-7-3-4-8-16(15)24-12-11-17(20)22/h1-8H,9-12H2,(H2,20,22)(H,21,23). The van der Waals surface area contributed by atoms with E-state index in [4.69, 9.17) is 10.5 Å². The molecule has 0 spiro atoms. The van der Waals surface area contributed by atoms with Crippen molar-refractivity contribution in [3.8, 4) is 5.75 Å². The van der Waals surface area contributed by atoms with Crippen molar-refractivity contribution in [3.63, 3.8) is 0 Å². The Kier molecular flexibility index (Phi) is 6.31. The zero-order chi connectivity index (χ0) is 17.4. The van der Waals surface area contributed by atoms with Crippen molar-refractivity contribution in [2.24, 2.45) is 5.73 Å². The Morgan fingerprint density at radius 1 is 1.04 bits per heavy atom. The molecule has 3 N–H and O–H groups in total. The summed E-state index contributed by atoms with van der Waals surface area (Å²) in [5.74, 6) is -0.566. The Balaban J connectivity index is 1.91. The number of halogens is 1. The molecule has 2 amide bonds. The highest BCUT2D eigenvalue weighted by atomic mass is 19.1. The normalized spacial score (nSPS) is 10.2. The largest absolute Gasteiger partial charge is 0.491 e. The van der Waals surface area contributed by atoms with E-state index < -0.39 is 5.91 Å². The van der Waals surface area contributed by atoms with Crippen LogP contribution in [0.25, 0.3) is 0 Å². The highest BCUT2D eigenvalue weighted by Gasteiger charge is 2.09. The van der Waals surface area contributed by atoms with Gasteiger partial charge < -0.3 is 15.8 Å². The zero-order valence-electron chi connectivity index (χ0n) is 13.1. The number of primary amides is 1. The summed E-state index contributed by atoms with van der Waals surface area (Å²) in [5, 5.41) is 2.74. The molecule has 0 unspecified atom stereocenters. The molecule has 0 heterocycles. The van der Waals surface area contributed by atoms with Crippen LogP contribution in [-0.2, 0) is 16.0 Å². The molecule has 2 rings (SSSR count). The van der Waals surface area contributed by atoms with Gasteiger partial charge in [-0.05, 0) is 30.2 Å². The number of nitrogens with two attached hydrogens (primary N) is 1. The topological polar surface area (TPSA) is 81.4 Å². The molecule has 0 bridgehead atoms. The van der Waals surface area contributed by atoms with E-state index in [2.05, 4.69) is 5.32 Å². The number of para-hydroxylation sites is 2. The van der Waals surface area contributed by atoms with Gasteiger partial charge in [0.05, 0.1) is 18.7 Å². The highest BCUT2D eigenvalue weighted by Crippen LogP contribution is 2.24. The molecule has 6 heteroatoms. The molecular weight excluding hydrogens is 311 g/mol. The van der Waals surface area contributed by atoms with Crippen molar-refractivity contribution in [1.29, 1.82) is 0 Å². The summed E-state index contributed by atoms with van der Waals surface area (Å²) in [4.78, 5) is 22.8. The van der Waals surface area contributed by atoms with Gasteiger partial charge in [-0.2, -0.15) is 0 Å². The van der Waals surface area contributed by atoms with Crippen molar-refractivity contribution in [2.45, 2.75) is 19.3 Å². The summed E-state index contributed by atoms with van der Waals surface area (Å²) >= 11 is 0. The average Bonchev–Trinajstić information content (AvgIpc) is 2.55. The van der Waals surface area contributed by atoms with Crippen LogP contribution in [-0.4, -0.2) is 18.4 Å². The Bertz CT molecular complexity index is 719. The van der Waals surface area contributed by atoms with Crippen molar-refractivity contribution in [3.05, 3.63) is 59.9 Å². The van der Waals surface area contributed by atoms with Crippen LogP contribution in [0.1, 0.15) is 18.4 Å². The number of amides is 2. The molecule has 24 heavy (non-hydrogen) atoms. The van der Waals surface area contributed by atoms with Gasteiger partial charge in [0.15, 0.2) is 0 Å². The molecule has 0 fully saturated rings. The molecular formula is C18H19FN2O3. The summed E-state index contributed by atoms with van der Waals surface area (Å²) in [7, 11) is 0. The van der Waals surface area contributed by atoms with E-state index in [1.807, 2.05) is 0 Å². The van der Waals surface area contributed by atoms with E-state index in [0.717, 1.165) is 0 Å². The Morgan fingerprint density at radius 3 is 2.50 bits per heavy atom. The fourth-order valence-electron chi connectivity index (χ4n) is 2.12. The Hall–Kier alpha value is -2.89. The molecule has 2 aromatic carbocycles. The van der Waals surface area contributed by atoms with Crippen LogP contribution in [0.5, 0.6) is 5.75 Å². The molecule has 0 atom stereocenters. The number of hydrogen-bond donors (Lipinski definition) is 2. The van der Waals surface area contributed by atoms with Gasteiger partial charge in [-0.1, -0.05) is 30.3 Å². The number of carbonyl (C=O) groups excluding carboxylic acids is 2. The van der Waals surface area contributed by atoms with Gasteiger partial charge in [0.2, 0.25) is 11.8 Å². The maximum absolute atomic E-state index is 13.5. The third-order valence-corrected chi connectivity index (χ3v) is 3.35. The predicted molar refractivity (Wildman–Crippen MR) is 89.1 cm³/mol. The number of benzene rings is 2. The summed E-state index contributed by atoms with van der Waals surface area (Å²) in [6, 6.07) is 13.3. The monoisotopic (exact) mass is 330 g/mol. The number of hydrogen-bond acceptors (Lipinski definition) is 3. The summed E-state index contributed by atoms with van der Waals surface area (Å²) in [5.41, 5.74) is 6.06. The van der Waals surface area contributed by atoms with Crippen LogP contribution in [0.3, 0.4) is 0 Å². The number of carbonyl (C=O) groups is 2. The fraction of sp³-hybridized carbons (Fsp3) is 0.222. The van der Waals surface area contributed by atoms with Crippen LogP contribution in [0.15, 0.2) is 48.5 Å². The van der Waals surface area contributed by atoms with Crippen LogP contribution in [0.2, 0.25) is 0 Å².